The standard InChI is InChI=1S/C36H44N8O4/c1-22(2)32(42(4)36(47)48)35(46)44-18-6-8-30(44)34-39-20-28(41-34)26-15-11-24(12-16-26)23-9-13-25(14-10-23)27-19-38-33(40-27)29-7-5-17-43(29)31(45)21-37-3/h9-16,19-20,22,29-30,32,37H,5-8,17-18,21H2,1-4H3,(H,38,40)(H,39,41)(H,47,48)/t29-,30-,32-/m0/s1. The minimum atomic E-state index is -1.12. The van der Waals surface area contributed by atoms with E-state index in [0.29, 0.717) is 18.9 Å². The molecule has 0 bridgehead atoms. The first-order valence-electron chi connectivity index (χ1n) is 16.7. The lowest BCUT2D eigenvalue weighted by atomic mass is 10.0. The summed E-state index contributed by atoms with van der Waals surface area (Å²) >= 11 is 0. The molecule has 252 valence electrons. The minimum absolute atomic E-state index is 0.0222. The maximum absolute atomic E-state index is 13.5. The van der Waals surface area contributed by atoms with Crippen molar-refractivity contribution in [3.8, 4) is 33.6 Å². The molecule has 2 saturated heterocycles. The number of hydrogen-bond donors (Lipinski definition) is 4. The monoisotopic (exact) mass is 652 g/mol. The van der Waals surface area contributed by atoms with E-state index in [0.717, 1.165) is 76.6 Å². The Morgan fingerprint density at radius 3 is 1.75 bits per heavy atom. The molecule has 2 aliphatic heterocycles. The SMILES string of the molecule is CNCC(=O)N1CCC[C@H]1c1ncc(-c2ccc(-c3ccc(-c4cnc([C@@H]5CCCN5C(=O)[C@H](C(C)C)N(C)C(=O)O)[nH]4)cc3)cc2)[nH]1. The van der Waals surface area contributed by atoms with Crippen molar-refractivity contribution in [2.45, 2.75) is 57.7 Å². The van der Waals surface area contributed by atoms with Gasteiger partial charge in [-0.25, -0.2) is 14.8 Å². The van der Waals surface area contributed by atoms with Crippen molar-refractivity contribution in [1.82, 2.24) is 40.0 Å². The number of H-pyrrole nitrogens is 2. The highest BCUT2D eigenvalue weighted by Gasteiger charge is 2.39. The van der Waals surface area contributed by atoms with Crippen LogP contribution in [0.5, 0.6) is 0 Å². The molecule has 48 heavy (non-hydrogen) atoms. The van der Waals surface area contributed by atoms with Crippen LogP contribution in [-0.2, 0) is 9.59 Å². The normalized spacial score (nSPS) is 18.4. The average molecular weight is 653 g/mol. The zero-order valence-electron chi connectivity index (χ0n) is 27.9. The highest BCUT2D eigenvalue weighted by Crippen LogP contribution is 2.35. The van der Waals surface area contributed by atoms with Crippen molar-refractivity contribution in [2.75, 3.05) is 33.7 Å². The van der Waals surface area contributed by atoms with Crippen LogP contribution in [0.3, 0.4) is 0 Å². The summed E-state index contributed by atoms with van der Waals surface area (Å²) in [4.78, 5) is 58.7. The number of carboxylic acid groups (broad SMARTS) is 1. The quantitative estimate of drug-likeness (QED) is 0.181. The summed E-state index contributed by atoms with van der Waals surface area (Å²) < 4.78 is 0. The van der Waals surface area contributed by atoms with Crippen LogP contribution in [0, 0.1) is 5.92 Å². The van der Waals surface area contributed by atoms with Crippen molar-refractivity contribution in [1.29, 1.82) is 0 Å². The summed E-state index contributed by atoms with van der Waals surface area (Å²) in [5.74, 6) is 1.29. The van der Waals surface area contributed by atoms with E-state index in [9.17, 15) is 19.5 Å². The third-order valence-corrected chi connectivity index (χ3v) is 9.59. The van der Waals surface area contributed by atoms with Gasteiger partial charge in [-0.15, -0.1) is 0 Å². The number of aromatic nitrogens is 4. The summed E-state index contributed by atoms with van der Waals surface area (Å²) in [7, 11) is 3.24. The van der Waals surface area contributed by atoms with Gasteiger partial charge in [0.25, 0.3) is 0 Å². The molecule has 0 spiro atoms. The van der Waals surface area contributed by atoms with E-state index in [1.54, 1.807) is 18.1 Å². The Bertz CT molecular complexity index is 1750. The Morgan fingerprint density at radius 1 is 0.833 bits per heavy atom. The number of aromatic amines is 2. The van der Waals surface area contributed by atoms with E-state index in [-0.39, 0.29) is 29.8 Å². The predicted molar refractivity (Wildman–Crippen MR) is 183 cm³/mol. The van der Waals surface area contributed by atoms with E-state index >= 15 is 0 Å². The van der Waals surface area contributed by atoms with Gasteiger partial charge in [0.2, 0.25) is 11.8 Å². The summed E-state index contributed by atoms with van der Waals surface area (Å²) in [5, 5.41) is 12.5. The molecule has 2 fully saturated rings. The number of imidazole rings is 2. The molecule has 4 N–H and O–H groups in total. The number of likely N-dealkylation sites (tertiary alicyclic amines) is 2. The number of benzene rings is 2. The molecule has 0 saturated carbocycles. The largest absolute Gasteiger partial charge is 0.465 e. The van der Waals surface area contributed by atoms with E-state index in [2.05, 4.69) is 73.8 Å². The van der Waals surface area contributed by atoms with Gasteiger partial charge in [0.15, 0.2) is 0 Å². The molecule has 12 nitrogen and oxygen atoms in total. The average Bonchev–Trinajstić information content (AvgIpc) is 3.91. The van der Waals surface area contributed by atoms with Crippen LogP contribution in [0.15, 0.2) is 60.9 Å². The highest BCUT2D eigenvalue weighted by molar-refractivity contribution is 5.86. The lowest BCUT2D eigenvalue weighted by molar-refractivity contribution is -0.138. The molecule has 4 aromatic rings. The van der Waals surface area contributed by atoms with E-state index in [4.69, 9.17) is 0 Å². The Kier molecular flexibility index (Phi) is 9.63. The zero-order valence-corrected chi connectivity index (χ0v) is 27.9. The molecule has 2 aliphatic rings. The molecule has 0 aliphatic carbocycles. The lowest BCUT2D eigenvalue weighted by Gasteiger charge is -2.33. The van der Waals surface area contributed by atoms with E-state index < -0.39 is 12.1 Å². The molecule has 6 rings (SSSR count). The van der Waals surface area contributed by atoms with E-state index in [1.165, 1.54) is 7.05 Å². The molecular formula is C36H44N8O4. The summed E-state index contributed by atoms with van der Waals surface area (Å²) in [6, 6.07) is 15.6. The van der Waals surface area contributed by atoms with Crippen LogP contribution in [0.1, 0.15) is 63.3 Å². The first kappa shape index (κ1) is 33.0. The van der Waals surface area contributed by atoms with Gasteiger partial charge < -0.3 is 30.2 Å². The number of carbonyl (C=O) groups is 3. The van der Waals surface area contributed by atoms with Gasteiger partial charge in [-0.2, -0.15) is 0 Å². The molecule has 3 amide bonds. The fourth-order valence-corrected chi connectivity index (χ4v) is 7.09. The van der Waals surface area contributed by atoms with Crippen LogP contribution in [0.4, 0.5) is 4.79 Å². The topological polar surface area (TPSA) is 151 Å². The number of rotatable bonds is 10. The molecule has 4 heterocycles. The summed E-state index contributed by atoms with van der Waals surface area (Å²) in [6.07, 6.45) is 6.00. The molecule has 12 heteroatoms. The Morgan fingerprint density at radius 2 is 1.29 bits per heavy atom. The van der Waals surface area contributed by atoms with Crippen LogP contribution in [0.25, 0.3) is 33.6 Å². The molecular weight excluding hydrogens is 608 g/mol. The van der Waals surface area contributed by atoms with Gasteiger partial charge in [0, 0.05) is 20.1 Å². The third-order valence-electron chi connectivity index (χ3n) is 9.59. The highest BCUT2D eigenvalue weighted by atomic mass is 16.4. The Balaban J connectivity index is 1.12. The number of likely N-dealkylation sites (N-methyl/N-ethyl adjacent to an activating group) is 2. The van der Waals surface area contributed by atoms with Crippen LogP contribution >= 0.6 is 0 Å². The fourth-order valence-electron chi connectivity index (χ4n) is 7.09. The smallest absolute Gasteiger partial charge is 0.407 e. The zero-order chi connectivity index (χ0) is 33.9. The first-order chi connectivity index (χ1) is 23.2. The molecule has 0 unspecified atom stereocenters. The van der Waals surface area contributed by atoms with Gasteiger partial charge in [0.05, 0.1) is 42.4 Å². The van der Waals surface area contributed by atoms with Crippen molar-refractivity contribution in [3.05, 3.63) is 72.6 Å². The van der Waals surface area contributed by atoms with Crippen molar-refractivity contribution >= 4 is 17.9 Å². The molecule has 0 radical (unpaired) electrons. The van der Waals surface area contributed by atoms with Crippen molar-refractivity contribution < 1.29 is 19.5 Å². The van der Waals surface area contributed by atoms with Crippen molar-refractivity contribution in [3.63, 3.8) is 0 Å². The molecule has 2 aromatic carbocycles. The number of hydrogen-bond acceptors (Lipinski definition) is 6. The van der Waals surface area contributed by atoms with Crippen molar-refractivity contribution in [2.24, 2.45) is 5.92 Å². The van der Waals surface area contributed by atoms with E-state index in [1.807, 2.05) is 24.9 Å². The van der Waals surface area contributed by atoms with Gasteiger partial charge in [-0.3, -0.25) is 14.5 Å². The number of carbonyl (C=O) groups excluding carboxylic acids is 2. The summed E-state index contributed by atoms with van der Waals surface area (Å²) in [5.41, 5.74) is 5.95. The molecule has 2 aromatic heterocycles. The molecule has 3 atom stereocenters. The van der Waals surface area contributed by atoms with Gasteiger partial charge in [-0.1, -0.05) is 62.4 Å². The Labute approximate surface area is 280 Å². The maximum atomic E-state index is 13.5. The van der Waals surface area contributed by atoms with Gasteiger partial charge >= 0.3 is 6.09 Å². The van der Waals surface area contributed by atoms with Gasteiger partial charge in [0.1, 0.15) is 17.7 Å². The van der Waals surface area contributed by atoms with Crippen LogP contribution in [-0.4, -0.2) is 97.4 Å². The predicted octanol–water partition coefficient (Wildman–Crippen LogP) is 5.31. The second kappa shape index (κ2) is 14.0. The number of amides is 3. The first-order valence-corrected chi connectivity index (χ1v) is 16.7. The van der Waals surface area contributed by atoms with Gasteiger partial charge in [-0.05, 0) is 60.9 Å². The third kappa shape index (κ3) is 6.57. The Hall–Kier alpha value is -4.97. The lowest BCUT2D eigenvalue weighted by Crippen LogP contribution is -2.51. The van der Waals surface area contributed by atoms with Crippen LogP contribution in [0.2, 0.25) is 0 Å². The second-order valence-corrected chi connectivity index (χ2v) is 13.1. The maximum Gasteiger partial charge on any atom is 0.407 e. The van der Waals surface area contributed by atoms with Crippen LogP contribution < -0.4 is 5.32 Å². The second-order valence-electron chi connectivity index (χ2n) is 13.1. The fraction of sp³-hybridized carbons (Fsp3) is 0.417. The number of nitrogens with one attached hydrogen (secondary N) is 3. The number of nitrogens with zero attached hydrogens (tertiary/aromatic N) is 5. The summed E-state index contributed by atoms with van der Waals surface area (Å²) in [6.45, 7) is 5.39. The minimum Gasteiger partial charge on any atom is -0.465 e.